The molecule has 0 bridgehead atoms. The Morgan fingerprint density at radius 2 is 0.548 bits per heavy atom. The fourth-order valence-electron chi connectivity index (χ4n) is 3.51. The molecule has 42 heavy (non-hydrogen) atoms. The predicted molar refractivity (Wildman–Crippen MR) is 174 cm³/mol. The third-order valence-electron chi connectivity index (χ3n) is 5.46. The zero-order chi connectivity index (χ0) is 30.5. The van der Waals surface area contributed by atoms with E-state index in [4.69, 9.17) is 26.6 Å². The van der Waals surface area contributed by atoms with Gasteiger partial charge in [-0.3, -0.25) is 18.2 Å². The van der Waals surface area contributed by atoms with Crippen molar-refractivity contribution >= 4 is 120 Å². The van der Waals surface area contributed by atoms with Crippen molar-refractivity contribution in [2.75, 3.05) is 13.2 Å². The third-order valence-corrected chi connectivity index (χ3v) is 6.39. The van der Waals surface area contributed by atoms with Gasteiger partial charge in [0.05, 0.1) is 13.2 Å². The zero-order valence-corrected chi connectivity index (χ0v) is 26.3. The van der Waals surface area contributed by atoms with E-state index in [0.29, 0.717) is 12.8 Å². The standard InChI is InChI=1S/2C12H26O4S.3Na.H2O4S.3H/c2*1-2-3-4-5-6-7-8-9-10-11-12-16-17(13,14)15;;;;1-5(2,3)4;;;/h2*2-12H2,1H3,(H,13,14,15);;;;(H2,1,2,3,4);;;. The zero-order valence-electron chi connectivity index (χ0n) is 23.8. The van der Waals surface area contributed by atoms with Crippen LogP contribution in [-0.2, 0) is 39.6 Å². The topological polar surface area (TPSA) is 202 Å². The van der Waals surface area contributed by atoms with Crippen molar-refractivity contribution in [3.8, 4) is 0 Å². The first kappa shape index (κ1) is 56.9. The van der Waals surface area contributed by atoms with Crippen LogP contribution in [-0.4, -0.2) is 145 Å². The molecule has 0 unspecified atom stereocenters. The maximum atomic E-state index is 10.2. The molecule has 0 aliphatic carbocycles. The van der Waals surface area contributed by atoms with E-state index in [2.05, 4.69) is 22.2 Å². The van der Waals surface area contributed by atoms with E-state index >= 15 is 0 Å². The molecule has 0 radical (unpaired) electrons. The van der Waals surface area contributed by atoms with Gasteiger partial charge in [0.25, 0.3) is 0 Å². The van der Waals surface area contributed by atoms with Crippen molar-refractivity contribution in [2.45, 2.75) is 142 Å². The Morgan fingerprint density at radius 3 is 0.714 bits per heavy atom. The summed E-state index contributed by atoms with van der Waals surface area (Å²) in [5, 5.41) is 0. The van der Waals surface area contributed by atoms with Crippen LogP contribution in [0.2, 0.25) is 0 Å². The van der Waals surface area contributed by atoms with Crippen molar-refractivity contribution in [2.24, 2.45) is 0 Å². The second-order valence-corrected chi connectivity index (χ2v) is 12.4. The van der Waals surface area contributed by atoms with Gasteiger partial charge in [-0.25, -0.2) is 8.37 Å². The Hall–Kier alpha value is 2.61. The van der Waals surface area contributed by atoms with Crippen LogP contribution < -0.4 is 0 Å². The summed E-state index contributed by atoms with van der Waals surface area (Å²) in [5.74, 6) is 0. The van der Waals surface area contributed by atoms with Gasteiger partial charge in [-0.05, 0) is 12.8 Å². The maximum absolute atomic E-state index is 10.2. The van der Waals surface area contributed by atoms with Gasteiger partial charge in [-0.15, -0.1) is 0 Å². The molecule has 0 saturated carbocycles. The SMILES string of the molecule is CCCCCCCCCCCCOS(=O)(=O)O.CCCCCCCCCCCCOS(=O)(=O)O.O=S(=O)(O)O.[NaH].[NaH].[NaH]. The van der Waals surface area contributed by atoms with E-state index < -0.39 is 31.2 Å². The molecular formula is C24H57Na3O12S3. The van der Waals surface area contributed by atoms with Crippen molar-refractivity contribution in [3.63, 3.8) is 0 Å². The van der Waals surface area contributed by atoms with Gasteiger partial charge in [-0.2, -0.15) is 25.3 Å². The van der Waals surface area contributed by atoms with E-state index in [9.17, 15) is 16.8 Å². The molecule has 0 heterocycles. The predicted octanol–water partition coefficient (Wildman–Crippen LogP) is 4.86. The van der Waals surface area contributed by atoms with Gasteiger partial charge < -0.3 is 0 Å². The molecule has 0 aromatic rings. The summed E-state index contributed by atoms with van der Waals surface area (Å²) >= 11 is 0. The molecule has 0 aromatic carbocycles. The summed E-state index contributed by atoms with van der Waals surface area (Å²) < 4.78 is 97.6. The van der Waals surface area contributed by atoms with Crippen molar-refractivity contribution in [1.82, 2.24) is 0 Å². The molecule has 0 aliphatic rings. The Balaban J connectivity index is -0.000000125. The van der Waals surface area contributed by atoms with Gasteiger partial charge >= 0.3 is 120 Å². The molecule has 0 amide bonds. The second kappa shape index (κ2) is 39.8. The molecule has 12 nitrogen and oxygen atoms in total. The van der Waals surface area contributed by atoms with Crippen LogP contribution in [0.15, 0.2) is 0 Å². The van der Waals surface area contributed by atoms with E-state index in [-0.39, 0.29) is 102 Å². The Bertz CT molecular complexity index is 767. The number of hydrogen-bond donors (Lipinski definition) is 4. The molecular weight excluding hydrogens is 645 g/mol. The van der Waals surface area contributed by atoms with Crippen molar-refractivity contribution in [1.29, 1.82) is 0 Å². The fourth-order valence-corrected chi connectivity index (χ4v) is 4.16. The quantitative estimate of drug-likeness (QED) is 0.0606. The van der Waals surface area contributed by atoms with Gasteiger partial charge in [0.2, 0.25) is 0 Å². The Labute approximate surface area is 323 Å². The van der Waals surface area contributed by atoms with Crippen LogP contribution in [0.4, 0.5) is 0 Å². The molecule has 0 saturated heterocycles. The van der Waals surface area contributed by atoms with Gasteiger partial charge in [0, 0.05) is 0 Å². The molecule has 0 rings (SSSR count). The molecule has 0 fully saturated rings. The fraction of sp³-hybridized carbons (Fsp3) is 1.00. The minimum atomic E-state index is -4.67. The van der Waals surface area contributed by atoms with E-state index in [0.717, 1.165) is 25.7 Å². The third kappa shape index (κ3) is 78.7. The monoisotopic (exact) mass is 702 g/mol. The molecule has 18 heteroatoms. The van der Waals surface area contributed by atoms with Crippen LogP contribution in [0.5, 0.6) is 0 Å². The Kier molecular flexibility index (Phi) is 53.9. The van der Waals surface area contributed by atoms with Crippen molar-refractivity contribution in [3.05, 3.63) is 0 Å². The number of unbranched alkanes of at least 4 members (excludes halogenated alkanes) is 18. The summed E-state index contributed by atoms with van der Waals surface area (Å²) in [6.07, 6.45) is 23.7. The number of rotatable bonds is 24. The van der Waals surface area contributed by atoms with E-state index in [1.807, 2.05) is 0 Å². The summed E-state index contributed by atoms with van der Waals surface area (Å²) in [6.45, 7) is 4.62. The van der Waals surface area contributed by atoms with Crippen LogP contribution in [0.25, 0.3) is 0 Å². The average Bonchev–Trinajstić information content (AvgIpc) is 2.79. The minimum absolute atomic E-state index is 0. The van der Waals surface area contributed by atoms with Crippen LogP contribution in [0.3, 0.4) is 0 Å². The van der Waals surface area contributed by atoms with Crippen LogP contribution in [0.1, 0.15) is 142 Å². The van der Waals surface area contributed by atoms with Crippen LogP contribution >= 0.6 is 0 Å². The van der Waals surface area contributed by atoms with Gasteiger partial charge in [-0.1, -0.05) is 129 Å². The summed E-state index contributed by atoms with van der Waals surface area (Å²) in [4.78, 5) is 0. The Morgan fingerprint density at radius 1 is 0.381 bits per heavy atom. The number of hydrogen-bond acceptors (Lipinski definition) is 8. The first-order valence-corrected chi connectivity index (χ1v) is 18.2. The van der Waals surface area contributed by atoms with Crippen molar-refractivity contribution < 1.29 is 51.8 Å². The molecule has 0 atom stereocenters. The van der Waals surface area contributed by atoms with Gasteiger partial charge in [0.15, 0.2) is 0 Å². The molecule has 246 valence electrons. The molecule has 0 aliphatic heterocycles. The second-order valence-electron chi connectivity index (χ2n) is 9.31. The first-order valence-electron chi connectivity index (χ1n) is 14.1. The molecule has 0 spiro atoms. The van der Waals surface area contributed by atoms with Crippen LogP contribution in [0, 0.1) is 0 Å². The van der Waals surface area contributed by atoms with E-state index in [1.165, 1.54) is 89.9 Å². The summed E-state index contributed by atoms with van der Waals surface area (Å²) in [5.41, 5.74) is 0. The molecule has 4 N–H and O–H groups in total. The normalized spacial score (nSPS) is 11.0. The first-order chi connectivity index (χ1) is 18.1. The summed E-state index contributed by atoms with van der Waals surface area (Å²) in [7, 11) is -13.1. The molecule has 0 aromatic heterocycles. The average molecular weight is 703 g/mol. The van der Waals surface area contributed by atoms with E-state index in [1.54, 1.807) is 0 Å². The summed E-state index contributed by atoms with van der Waals surface area (Å²) in [6, 6.07) is 0. The van der Waals surface area contributed by atoms with Gasteiger partial charge in [0.1, 0.15) is 0 Å².